The maximum absolute atomic E-state index is 6.21. The highest BCUT2D eigenvalue weighted by molar-refractivity contribution is 7.19. The number of nitrogens with zero attached hydrogens (tertiary/aromatic N) is 2. The lowest BCUT2D eigenvalue weighted by molar-refractivity contribution is 1.23. The molecule has 18 heavy (non-hydrogen) atoms. The summed E-state index contributed by atoms with van der Waals surface area (Å²) in [4.78, 5) is 9.83. The van der Waals surface area contributed by atoms with Crippen molar-refractivity contribution >= 4 is 45.4 Å². The van der Waals surface area contributed by atoms with Crippen molar-refractivity contribution < 1.29 is 0 Å². The topological polar surface area (TPSA) is 25.8 Å². The molecule has 2 aromatic heterocycles. The van der Waals surface area contributed by atoms with E-state index in [1.807, 2.05) is 37.3 Å². The molecule has 0 spiro atoms. The molecule has 0 aliphatic rings. The Labute approximate surface area is 118 Å². The van der Waals surface area contributed by atoms with Crippen molar-refractivity contribution in [2.24, 2.45) is 0 Å². The van der Waals surface area contributed by atoms with E-state index >= 15 is 0 Å². The normalized spacial score (nSPS) is 11.1. The summed E-state index contributed by atoms with van der Waals surface area (Å²) in [5.41, 5.74) is 1.97. The largest absolute Gasteiger partial charge is 0.227 e. The van der Waals surface area contributed by atoms with Gasteiger partial charge in [-0.1, -0.05) is 35.3 Å². The standard InChI is InChI=1S/C13H8Cl2N2S/c1-7-3-2-4-8-11(7)16-13(17-12(8)15)9-5-6-10(14)18-9/h2-6H,1H3. The summed E-state index contributed by atoms with van der Waals surface area (Å²) in [6, 6.07) is 9.63. The molecule has 2 heterocycles. The molecule has 0 unspecified atom stereocenters. The third-order valence-corrected chi connectivity index (χ3v) is 4.19. The first-order valence-electron chi connectivity index (χ1n) is 5.34. The van der Waals surface area contributed by atoms with Crippen LogP contribution in [-0.2, 0) is 0 Å². The highest BCUT2D eigenvalue weighted by Crippen LogP contribution is 2.32. The van der Waals surface area contributed by atoms with Crippen molar-refractivity contribution in [2.45, 2.75) is 6.92 Å². The summed E-state index contributed by atoms with van der Waals surface area (Å²) in [6.45, 7) is 2.01. The summed E-state index contributed by atoms with van der Waals surface area (Å²) in [6.07, 6.45) is 0. The molecular weight excluding hydrogens is 287 g/mol. The van der Waals surface area contributed by atoms with Gasteiger partial charge in [0.1, 0.15) is 5.15 Å². The van der Waals surface area contributed by atoms with Crippen LogP contribution in [0.4, 0.5) is 0 Å². The van der Waals surface area contributed by atoms with Crippen LogP contribution in [0.5, 0.6) is 0 Å². The Morgan fingerprint density at radius 3 is 2.61 bits per heavy atom. The predicted molar refractivity (Wildman–Crippen MR) is 77.6 cm³/mol. The average molecular weight is 295 g/mol. The van der Waals surface area contributed by atoms with Crippen LogP contribution in [0, 0.1) is 6.92 Å². The molecule has 1 aromatic carbocycles. The number of thiophene rings is 1. The van der Waals surface area contributed by atoms with E-state index in [0.717, 1.165) is 25.7 Å². The maximum Gasteiger partial charge on any atom is 0.171 e. The van der Waals surface area contributed by atoms with Crippen LogP contribution in [0.3, 0.4) is 0 Å². The Bertz CT molecular complexity index is 737. The Kier molecular flexibility index (Phi) is 2.98. The molecule has 2 nitrogen and oxygen atoms in total. The van der Waals surface area contributed by atoms with Crippen LogP contribution in [0.15, 0.2) is 30.3 Å². The molecule has 0 aliphatic heterocycles. The van der Waals surface area contributed by atoms with Gasteiger partial charge in [-0.2, -0.15) is 0 Å². The highest BCUT2D eigenvalue weighted by atomic mass is 35.5. The third kappa shape index (κ3) is 1.99. The average Bonchev–Trinajstić information content (AvgIpc) is 2.77. The quantitative estimate of drug-likeness (QED) is 0.592. The maximum atomic E-state index is 6.21. The van der Waals surface area contributed by atoms with E-state index in [0.29, 0.717) is 11.0 Å². The number of aromatic nitrogens is 2. The minimum atomic E-state index is 0.475. The molecule has 0 N–H and O–H groups in total. The van der Waals surface area contributed by atoms with E-state index in [2.05, 4.69) is 9.97 Å². The molecule has 0 fully saturated rings. The van der Waals surface area contributed by atoms with Gasteiger partial charge in [0.25, 0.3) is 0 Å². The molecule has 3 rings (SSSR count). The second-order valence-electron chi connectivity index (χ2n) is 3.91. The minimum absolute atomic E-state index is 0.475. The number of benzene rings is 1. The van der Waals surface area contributed by atoms with Crippen molar-refractivity contribution in [3.05, 3.63) is 45.4 Å². The Morgan fingerprint density at radius 2 is 1.89 bits per heavy atom. The lowest BCUT2D eigenvalue weighted by Gasteiger charge is -2.05. The first-order chi connectivity index (χ1) is 8.65. The fraction of sp³-hybridized carbons (Fsp3) is 0.0769. The second kappa shape index (κ2) is 4.50. The number of aryl methyl sites for hydroxylation is 1. The lowest BCUT2D eigenvalue weighted by atomic mass is 10.1. The van der Waals surface area contributed by atoms with Gasteiger partial charge in [0, 0.05) is 5.39 Å². The smallest absolute Gasteiger partial charge is 0.171 e. The predicted octanol–water partition coefficient (Wildman–Crippen LogP) is 4.97. The Balaban J connectivity index is 2.29. The van der Waals surface area contributed by atoms with Crippen LogP contribution >= 0.6 is 34.5 Å². The molecule has 0 atom stereocenters. The molecule has 3 aromatic rings. The van der Waals surface area contributed by atoms with E-state index in [9.17, 15) is 0 Å². The van der Waals surface area contributed by atoms with Crippen molar-refractivity contribution in [1.82, 2.24) is 9.97 Å². The molecule has 0 radical (unpaired) electrons. The number of hydrogen-bond donors (Lipinski definition) is 0. The molecule has 0 aliphatic carbocycles. The van der Waals surface area contributed by atoms with E-state index in [1.165, 1.54) is 11.3 Å². The van der Waals surface area contributed by atoms with Crippen LogP contribution in [0.1, 0.15) is 5.56 Å². The summed E-state index contributed by atoms with van der Waals surface area (Å²) < 4.78 is 0.717. The van der Waals surface area contributed by atoms with E-state index < -0.39 is 0 Å². The minimum Gasteiger partial charge on any atom is -0.227 e. The van der Waals surface area contributed by atoms with Gasteiger partial charge in [0.15, 0.2) is 5.82 Å². The number of fused-ring (bicyclic) bond motifs is 1. The van der Waals surface area contributed by atoms with Crippen LogP contribution in [0.2, 0.25) is 9.49 Å². The molecule has 0 saturated carbocycles. The van der Waals surface area contributed by atoms with Crippen molar-refractivity contribution in [3.63, 3.8) is 0 Å². The van der Waals surface area contributed by atoms with Gasteiger partial charge in [-0.05, 0) is 30.7 Å². The van der Waals surface area contributed by atoms with E-state index in [1.54, 1.807) is 0 Å². The monoisotopic (exact) mass is 294 g/mol. The van der Waals surface area contributed by atoms with Gasteiger partial charge in [0.2, 0.25) is 0 Å². The molecule has 0 amide bonds. The summed E-state index contributed by atoms with van der Waals surface area (Å²) >= 11 is 13.6. The SMILES string of the molecule is Cc1cccc2c(Cl)nc(-c3ccc(Cl)s3)nc12. The van der Waals surface area contributed by atoms with Gasteiger partial charge in [-0.3, -0.25) is 0 Å². The zero-order valence-corrected chi connectivity index (χ0v) is 11.8. The van der Waals surface area contributed by atoms with Gasteiger partial charge in [-0.25, -0.2) is 9.97 Å². The summed E-state index contributed by atoms with van der Waals surface area (Å²) in [7, 11) is 0. The van der Waals surface area contributed by atoms with Gasteiger partial charge in [-0.15, -0.1) is 11.3 Å². The summed E-state index contributed by atoms with van der Waals surface area (Å²) in [5.74, 6) is 0.624. The van der Waals surface area contributed by atoms with Crippen molar-refractivity contribution in [1.29, 1.82) is 0 Å². The molecule has 0 saturated heterocycles. The molecule has 0 bridgehead atoms. The van der Waals surface area contributed by atoms with Crippen molar-refractivity contribution in [3.8, 4) is 10.7 Å². The van der Waals surface area contributed by atoms with Gasteiger partial charge in [0.05, 0.1) is 14.7 Å². The molecule has 5 heteroatoms. The molecular formula is C13H8Cl2N2S. The second-order valence-corrected chi connectivity index (χ2v) is 5.99. The van der Waals surface area contributed by atoms with Crippen LogP contribution < -0.4 is 0 Å². The number of rotatable bonds is 1. The first kappa shape index (κ1) is 11.9. The lowest BCUT2D eigenvalue weighted by Crippen LogP contribution is -1.92. The Morgan fingerprint density at radius 1 is 1.06 bits per heavy atom. The first-order valence-corrected chi connectivity index (χ1v) is 6.91. The number of halogens is 2. The van der Waals surface area contributed by atoms with E-state index in [4.69, 9.17) is 23.2 Å². The zero-order chi connectivity index (χ0) is 12.7. The van der Waals surface area contributed by atoms with Gasteiger partial charge >= 0.3 is 0 Å². The number of hydrogen-bond acceptors (Lipinski definition) is 3. The summed E-state index contributed by atoms with van der Waals surface area (Å²) in [5, 5.41) is 1.35. The fourth-order valence-corrected chi connectivity index (χ4v) is 3.01. The number of para-hydroxylation sites is 1. The van der Waals surface area contributed by atoms with Crippen LogP contribution in [0.25, 0.3) is 21.6 Å². The third-order valence-electron chi connectivity index (χ3n) is 2.68. The van der Waals surface area contributed by atoms with Gasteiger partial charge < -0.3 is 0 Å². The fourth-order valence-electron chi connectivity index (χ4n) is 1.80. The molecule has 90 valence electrons. The van der Waals surface area contributed by atoms with Crippen LogP contribution in [-0.4, -0.2) is 9.97 Å². The zero-order valence-electron chi connectivity index (χ0n) is 9.45. The van der Waals surface area contributed by atoms with Crippen molar-refractivity contribution in [2.75, 3.05) is 0 Å². The Hall–Kier alpha value is -1.16. The van der Waals surface area contributed by atoms with E-state index in [-0.39, 0.29) is 0 Å². The highest BCUT2D eigenvalue weighted by Gasteiger charge is 2.10.